The first-order chi connectivity index (χ1) is 11.9. The number of hydrogen-bond acceptors (Lipinski definition) is 4. The van der Waals surface area contributed by atoms with E-state index in [1.807, 2.05) is 12.1 Å². The highest BCUT2D eigenvalue weighted by molar-refractivity contribution is 14.1. The maximum Gasteiger partial charge on any atom is 0.265 e. The molecule has 0 saturated carbocycles. The number of thiocarbonyl (C=S) groups is 1. The molecule has 0 aromatic heterocycles. The van der Waals surface area contributed by atoms with Gasteiger partial charge in [-0.15, -0.1) is 6.58 Å². The zero-order chi connectivity index (χ0) is 18.6. The summed E-state index contributed by atoms with van der Waals surface area (Å²) >= 11 is 9.34. The summed E-state index contributed by atoms with van der Waals surface area (Å²) in [5.74, 6) is -0.199. The number of ether oxygens (including phenoxy) is 1. The summed E-state index contributed by atoms with van der Waals surface area (Å²) in [6, 6.07) is 3.69. The second kappa shape index (κ2) is 8.90. The van der Waals surface area contributed by atoms with E-state index in [-0.39, 0.29) is 17.2 Å². The van der Waals surface area contributed by atoms with E-state index in [2.05, 4.69) is 63.7 Å². The maximum atomic E-state index is 12.5. The summed E-state index contributed by atoms with van der Waals surface area (Å²) < 4.78 is 7.38. The molecule has 1 saturated heterocycles. The Labute approximate surface area is 178 Å². The highest BCUT2D eigenvalue weighted by Crippen LogP contribution is 2.30. The van der Waals surface area contributed by atoms with Crippen molar-refractivity contribution < 1.29 is 14.3 Å². The smallest absolute Gasteiger partial charge is 0.265 e. The van der Waals surface area contributed by atoms with Gasteiger partial charge < -0.3 is 4.74 Å². The third-order valence-corrected chi connectivity index (χ3v) is 5.10. The van der Waals surface area contributed by atoms with Gasteiger partial charge in [-0.2, -0.15) is 0 Å². The number of halogens is 2. The zero-order valence-electron chi connectivity index (χ0n) is 13.1. The molecular weight excluding hydrogens is 566 g/mol. The van der Waals surface area contributed by atoms with Crippen molar-refractivity contribution in [1.29, 1.82) is 0 Å². The van der Waals surface area contributed by atoms with Gasteiger partial charge in [0.15, 0.2) is 5.11 Å². The van der Waals surface area contributed by atoms with Crippen molar-refractivity contribution in [1.82, 2.24) is 10.2 Å². The van der Waals surface area contributed by atoms with Gasteiger partial charge in [0, 0.05) is 6.54 Å². The Bertz CT molecular complexity index is 782. The first-order valence-corrected chi connectivity index (χ1v) is 9.68. The van der Waals surface area contributed by atoms with Crippen LogP contribution in [-0.4, -0.2) is 35.0 Å². The molecule has 1 heterocycles. The minimum atomic E-state index is -0.507. The van der Waals surface area contributed by atoms with Gasteiger partial charge in [-0.25, -0.2) is 0 Å². The number of nitrogens with zero attached hydrogens (tertiary/aromatic N) is 1. The fourth-order valence-electron chi connectivity index (χ4n) is 2.10. The molecule has 0 atom stereocenters. The van der Waals surface area contributed by atoms with Crippen LogP contribution in [0.25, 0.3) is 6.08 Å². The Morgan fingerprint density at radius 1 is 1.20 bits per heavy atom. The van der Waals surface area contributed by atoms with Crippen molar-refractivity contribution in [2.75, 3.05) is 13.2 Å². The van der Waals surface area contributed by atoms with Crippen LogP contribution in [0.4, 0.5) is 0 Å². The van der Waals surface area contributed by atoms with E-state index in [0.29, 0.717) is 6.61 Å². The molecule has 0 bridgehead atoms. The van der Waals surface area contributed by atoms with Gasteiger partial charge in [0.25, 0.3) is 11.8 Å². The lowest BCUT2D eigenvalue weighted by Gasteiger charge is -2.27. The van der Waals surface area contributed by atoms with E-state index in [9.17, 15) is 9.59 Å². The molecule has 0 radical (unpaired) electrons. The minimum Gasteiger partial charge on any atom is -0.487 e. The first-order valence-electron chi connectivity index (χ1n) is 7.11. The molecule has 1 fully saturated rings. The van der Waals surface area contributed by atoms with Gasteiger partial charge in [0.05, 0.1) is 7.14 Å². The van der Waals surface area contributed by atoms with Crippen molar-refractivity contribution in [3.63, 3.8) is 0 Å². The van der Waals surface area contributed by atoms with Crippen molar-refractivity contribution in [3.05, 3.63) is 55.7 Å². The fourth-order valence-corrected chi connectivity index (χ4v) is 4.48. The summed E-state index contributed by atoms with van der Waals surface area (Å²) in [5.41, 5.74) is 0.756. The number of rotatable bonds is 6. The fraction of sp³-hybridized carbons (Fsp3) is 0.118. The van der Waals surface area contributed by atoms with Gasteiger partial charge in [-0.05, 0) is 81.2 Å². The Hall–Kier alpha value is -1.27. The van der Waals surface area contributed by atoms with Gasteiger partial charge in [-0.3, -0.25) is 19.8 Å². The Morgan fingerprint density at radius 2 is 1.84 bits per heavy atom. The molecule has 2 amide bonds. The largest absolute Gasteiger partial charge is 0.487 e. The molecule has 1 aliphatic heterocycles. The van der Waals surface area contributed by atoms with Crippen LogP contribution in [0.2, 0.25) is 0 Å². The molecule has 1 aromatic carbocycles. The third-order valence-electron chi connectivity index (χ3n) is 3.17. The molecule has 8 heteroatoms. The summed E-state index contributed by atoms with van der Waals surface area (Å²) in [6.45, 7) is 7.87. The predicted molar refractivity (Wildman–Crippen MR) is 118 cm³/mol. The number of hydrogen-bond donors (Lipinski definition) is 1. The van der Waals surface area contributed by atoms with Crippen molar-refractivity contribution >= 4 is 80.4 Å². The highest BCUT2D eigenvalue weighted by Gasteiger charge is 2.32. The molecule has 0 spiro atoms. The van der Waals surface area contributed by atoms with Crippen LogP contribution in [0.15, 0.2) is 43.0 Å². The topological polar surface area (TPSA) is 58.6 Å². The molecule has 1 aliphatic rings. The van der Waals surface area contributed by atoms with E-state index in [1.54, 1.807) is 18.2 Å². The van der Waals surface area contributed by atoms with E-state index in [1.165, 1.54) is 4.90 Å². The standard InChI is InChI=1S/C17H14I2N2O3S/c1-3-5-21-16(23)11(15(22)20-17(21)25)7-10-8-12(18)14(13(19)9-10)24-6-4-2/h3-4,7-9H,1-2,5-6H2,(H,20,22,25)/b11-7+. The second-order valence-electron chi connectivity index (χ2n) is 4.94. The van der Waals surface area contributed by atoms with Gasteiger partial charge in [-0.1, -0.05) is 18.7 Å². The van der Waals surface area contributed by atoms with E-state index < -0.39 is 11.8 Å². The maximum absolute atomic E-state index is 12.5. The van der Waals surface area contributed by atoms with Crippen LogP contribution in [-0.2, 0) is 9.59 Å². The van der Waals surface area contributed by atoms with E-state index in [0.717, 1.165) is 18.5 Å². The van der Waals surface area contributed by atoms with Gasteiger partial charge in [0.1, 0.15) is 17.9 Å². The number of carbonyl (C=O) groups is 2. The third kappa shape index (κ3) is 4.67. The van der Waals surface area contributed by atoms with Gasteiger partial charge >= 0.3 is 0 Å². The predicted octanol–water partition coefficient (Wildman–Crippen LogP) is 3.27. The lowest BCUT2D eigenvalue weighted by Crippen LogP contribution is -2.53. The number of amides is 2. The average Bonchev–Trinajstić information content (AvgIpc) is 2.55. The van der Waals surface area contributed by atoms with E-state index >= 15 is 0 Å². The Balaban J connectivity index is 2.39. The van der Waals surface area contributed by atoms with Crippen LogP contribution in [0.1, 0.15) is 5.56 Å². The van der Waals surface area contributed by atoms with Gasteiger partial charge in [0.2, 0.25) is 0 Å². The zero-order valence-corrected chi connectivity index (χ0v) is 18.2. The SMILES string of the molecule is C=CCOc1c(I)cc(/C=C2\C(=O)NC(=S)N(CC=C)C2=O)cc1I. The highest BCUT2D eigenvalue weighted by atomic mass is 127. The molecule has 130 valence electrons. The normalized spacial score (nSPS) is 16.0. The number of carbonyl (C=O) groups excluding carboxylic acids is 2. The number of nitrogens with one attached hydrogen (secondary N) is 1. The van der Waals surface area contributed by atoms with E-state index in [4.69, 9.17) is 17.0 Å². The summed E-state index contributed by atoms with van der Waals surface area (Å²) in [4.78, 5) is 26.0. The van der Waals surface area contributed by atoms with Crippen LogP contribution >= 0.6 is 57.4 Å². The second-order valence-corrected chi connectivity index (χ2v) is 7.65. The van der Waals surface area contributed by atoms with Crippen molar-refractivity contribution in [2.24, 2.45) is 0 Å². The van der Waals surface area contributed by atoms with Crippen molar-refractivity contribution in [3.8, 4) is 5.75 Å². The van der Waals surface area contributed by atoms with Crippen LogP contribution in [0, 0.1) is 7.14 Å². The van der Waals surface area contributed by atoms with Crippen LogP contribution in [0.5, 0.6) is 5.75 Å². The molecule has 25 heavy (non-hydrogen) atoms. The first kappa shape index (κ1) is 20.0. The van der Waals surface area contributed by atoms with Crippen LogP contribution in [0.3, 0.4) is 0 Å². The summed E-state index contributed by atoms with van der Waals surface area (Å²) in [7, 11) is 0. The molecule has 5 nitrogen and oxygen atoms in total. The molecule has 0 unspecified atom stereocenters. The molecule has 1 aromatic rings. The quantitative estimate of drug-likeness (QED) is 0.185. The molecule has 2 rings (SSSR count). The number of benzene rings is 1. The Morgan fingerprint density at radius 3 is 2.40 bits per heavy atom. The van der Waals surface area contributed by atoms with Crippen molar-refractivity contribution in [2.45, 2.75) is 0 Å². The molecule has 0 aliphatic carbocycles. The Kier molecular flexibility index (Phi) is 7.14. The summed E-state index contributed by atoms with van der Waals surface area (Å²) in [5, 5.41) is 2.61. The molecular formula is C17H14I2N2O3S. The van der Waals surface area contributed by atoms with Crippen LogP contribution < -0.4 is 10.1 Å². The minimum absolute atomic E-state index is 0.0295. The summed E-state index contributed by atoms with van der Waals surface area (Å²) in [6.07, 6.45) is 4.78. The lowest BCUT2D eigenvalue weighted by atomic mass is 10.1. The average molecular weight is 580 g/mol. The molecule has 1 N–H and O–H groups in total. The lowest BCUT2D eigenvalue weighted by molar-refractivity contribution is -0.128. The monoisotopic (exact) mass is 580 g/mol.